The molecule has 4 rings (SSSR count). The minimum atomic E-state index is 0.585. The summed E-state index contributed by atoms with van der Waals surface area (Å²) in [5.74, 6) is 2.15. The predicted octanol–water partition coefficient (Wildman–Crippen LogP) is 3.39. The number of likely N-dealkylation sites (tertiary alicyclic amines) is 1. The molecule has 3 heteroatoms. The van der Waals surface area contributed by atoms with E-state index in [1.165, 1.54) is 45.1 Å². The molecule has 2 aliphatic heterocycles. The third-order valence-electron chi connectivity index (χ3n) is 6.65. The van der Waals surface area contributed by atoms with Gasteiger partial charge in [0.2, 0.25) is 0 Å². The van der Waals surface area contributed by atoms with Crippen LogP contribution in [0.5, 0.6) is 0 Å². The lowest BCUT2D eigenvalue weighted by molar-refractivity contribution is 0.111. The monoisotopic (exact) mass is 302 g/mol. The summed E-state index contributed by atoms with van der Waals surface area (Å²) in [7, 11) is 2.31. The summed E-state index contributed by atoms with van der Waals surface area (Å²) in [5.41, 5.74) is 1.69. The summed E-state index contributed by atoms with van der Waals surface area (Å²) in [5, 5.41) is 13.6. The first kappa shape index (κ1) is 14.8. The van der Waals surface area contributed by atoms with Crippen LogP contribution in [0, 0.1) is 11.8 Å². The molecule has 22 heavy (non-hydrogen) atoms. The number of nitrogens with zero attached hydrogens (tertiary/aromatic N) is 1. The van der Waals surface area contributed by atoms with Gasteiger partial charge in [0.05, 0.1) is 5.76 Å². The molecule has 0 amide bonds. The van der Waals surface area contributed by atoms with Crippen molar-refractivity contribution in [2.24, 2.45) is 11.8 Å². The first-order valence-corrected chi connectivity index (χ1v) is 9.24. The number of nitrogens with one attached hydrogen (secondary N) is 1. The third kappa shape index (κ3) is 2.74. The van der Waals surface area contributed by atoms with Crippen molar-refractivity contribution in [2.75, 3.05) is 13.6 Å². The van der Waals surface area contributed by atoms with Crippen LogP contribution in [-0.2, 0) is 0 Å². The van der Waals surface area contributed by atoms with Gasteiger partial charge in [0.1, 0.15) is 0 Å². The topological polar surface area (TPSA) is 35.5 Å². The molecule has 0 aromatic heterocycles. The fourth-order valence-corrected chi connectivity index (χ4v) is 5.35. The summed E-state index contributed by atoms with van der Waals surface area (Å²) in [4.78, 5) is 2.58. The molecule has 0 aromatic rings. The molecule has 2 aliphatic carbocycles. The van der Waals surface area contributed by atoms with Gasteiger partial charge in [-0.1, -0.05) is 11.6 Å². The summed E-state index contributed by atoms with van der Waals surface area (Å²) in [6, 6.07) is 1.98. The molecule has 0 spiro atoms. The number of rotatable bonds is 1. The second-order valence-corrected chi connectivity index (χ2v) is 7.97. The van der Waals surface area contributed by atoms with Crippen LogP contribution in [0.1, 0.15) is 51.4 Å². The Morgan fingerprint density at radius 3 is 2.91 bits per heavy atom. The van der Waals surface area contributed by atoms with Gasteiger partial charge < -0.3 is 15.3 Å². The van der Waals surface area contributed by atoms with Crippen molar-refractivity contribution in [3.63, 3.8) is 0 Å². The zero-order chi connectivity index (χ0) is 15.1. The van der Waals surface area contributed by atoms with E-state index in [0.29, 0.717) is 23.8 Å². The van der Waals surface area contributed by atoms with E-state index in [9.17, 15) is 5.11 Å². The number of piperidine rings is 2. The largest absolute Gasteiger partial charge is 0.513 e. The summed E-state index contributed by atoms with van der Waals surface area (Å²) >= 11 is 0. The fraction of sp³-hybridized carbons (Fsp3) is 0.789. The Labute approximate surface area is 134 Å². The molecule has 2 saturated heterocycles. The van der Waals surface area contributed by atoms with Gasteiger partial charge in [0.25, 0.3) is 0 Å². The molecule has 0 bridgehead atoms. The zero-order valence-electron chi connectivity index (χ0n) is 13.8. The zero-order valence-corrected chi connectivity index (χ0v) is 13.8. The second kappa shape index (κ2) is 6.01. The van der Waals surface area contributed by atoms with E-state index in [0.717, 1.165) is 24.8 Å². The number of aliphatic hydroxyl groups excluding tert-OH is 1. The number of allylic oxidation sites excluding steroid dienone is 1. The highest BCUT2D eigenvalue weighted by Gasteiger charge is 2.37. The Kier molecular flexibility index (Phi) is 4.04. The second-order valence-electron chi connectivity index (χ2n) is 7.97. The fourth-order valence-electron chi connectivity index (χ4n) is 5.35. The van der Waals surface area contributed by atoms with E-state index >= 15 is 0 Å². The maximum absolute atomic E-state index is 9.73. The molecule has 122 valence electrons. The van der Waals surface area contributed by atoms with Gasteiger partial charge >= 0.3 is 0 Å². The molecule has 5 atom stereocenters. The minimum Gasteiger partial charge on any atom is -0.513 e. The van der Waals surface area contributed by atoms with Crippen molar-refractivity contribution >= 4 is 0 Å². The van der Waals surface area contributed by atoms with Gasteiger partial charge in [-0.25, -0.2) is 0 Å². The highest BCUT2D eigenvalue weighted by Crippen LogP contribution is 2.39. The lowest BCUT2D eigenvalue weighted by Crippen LogP contribution is -2.51. The molecule has 2 unspecified atom stereocenters. The van der Waals surface area contributed by atoms with Crippen molar-refractivity contribution < 1.29 is 5.11 Å². The van der Waals surface area contributed by atoms with Gasteiger partial charge in [-0.2, -0.15) is 0 Å². The Balaban J connectivity index is 1.43. The number of aliphatic hydroxyl groups is 1. The predicted molar refractivity (Wildman–Crippen MR) is 89.8 cm³/mol. The van der Waals surface area contributed by atoms with Crippen LogP contribution in [0.15, 0.2) is 23.5 Å². The van der Waals surface area contributed by atoms with E-state index in [4.69, 9.17) is 0 Å². The highest BCUT2D eigenvalue weighted by atomic mass is 16.3. The number of hydrogen-bond acceptors (Lipinski definition) is 3. The maximum atomic E-state index is 9.73. The molecule has 0 saturated carbocycles. The van der Waals surface area contributed by atoms with Gasteiger partial charge in [-0.15, -0.1) is 0 Å². The minimum absolute atomic E-state index is 0.585. The van der Waals surface area contributed by atoms with Crippen LogP contribution in [0.3, 0.4) is 0 Å². The Morgan fingerprint density at radius 1 is 1.09 bits per heavy atom. The van der Waals surface area contributed by atoms with Gasteiger partial charge in [0, 0.05) is 24.5 Å². The van der Waals surface area contributed by atoms with Crippen molar-refractivity contribution in [1.82, 2.24) is 10.2 Å². The Morgan fingerprint density at radius 2 is 2.00 bits per heavy atom. The Bertz CT molecular complexity index is 484. The lowest BCUT2D eigenvalue weighted by atomic mass is 9.73. The molecule has 3 nitrogen and oxygen atoms in total. The lowest BCUT2D eigenvalue weighted by Gasteiger charge is -2.45. The van der Waals surface area contributed by atoms with Crippen LogP contribution in [0.2, 0.25) is 0 Å². The van der Waals surface area contributed by atoms with Gasteiger partial charge in [-0.05, 0) is 76.5 Å². The number of fused-ring (bicyclic) bond motifs is 2. The molecule has 2 heterocycles. The van der Waals surface area contributed by atoms with Gasteiger partial charge in [-0.3, -0.25) is 0 Å². The first-order chi connectivity index (χ1) is 10.7. The van der Waals surface area contributed by atoms with E-state index in [-0.39, 0.29) is 0 Å². The van der Waals surface area contributed by atoms with Crippen LogP contribution < -0.4 is 5.32 Å². The van der Waals surface area contributed by atoms with E-state index in [1.807, 2.05) is 6.08 Å². The SMILES string of the molecule is CN1CCC[C@@H]2CC([C@@H]3CC[C@@H]4CC(O)=CCC4N3)=CCC21. The average molecular weight is 302 g/mol. The van der Waals surface area contributed by atoms with Crippen molar-refractivity contribution in [3.8, 4) is 0 Å². The van der Waals surface area contributed by atoms with E-state index < -0.39 is 0 Å². The smallest absolute Gasteiger partial charge is 0.0886 e. The molecule has 0 aromatic carbocycles. The van der Waals surface area contributed by atoms with Crippen molar-refractivity contribution in [3.05, 3.63) is 23.5 Å². The van der Waals surface area contributed by atoms with Crippen LogP contribution in [0.4, 0.5) is 0 Å². The first-order valence-electron chi connectivity index (χ1n) is 9.24. The normalized spacial score (nSPS) is 42.9. The maximum Gasteiger partial charge on any atom is 0.0886 e. The van der Waals surface area contributed by atoms with Crippen LogP contribution >= 0.6 is 0 Å². The van der Waals surface area contributed by atoms with Crippen LogP contribution in [-0.4, -0.2) is 41.7 Å². The van der Waals surface area contributed by atoms with Crippen LogP contribution in [0.25, 0.3) is 0 Å². The van der Waals surface area contributed by atoms with Crippen molar-refractivity contribution in [2.45, 2.75) is 69.5 Å². The highest BCUT2D eigenvalue weighted by molar-refractivity contribution is 5.20. The summed E-state index contributed by atoms with van der Waals surface area (Å²) < 4.78 is 0. The molecular weight excluding hydrogens is 272 g/mol. The standard InChI is InChI=1S/C19H30N2O/c1-21-10-2-3-15-11-13(5-9-19(15)21)17-7-4-14-12-16(22)6-8-18(14)20-17/h5-6,14-15,17-20,22H,2-4,7-12H2,1H3/t14-,15-,17+,18?,19?/m1/s1. The molecule has 2 N–H and O–H groups in total. The summed E-state index contributed by atoms with van der Waals surface area (Å²) in [6.07, 6.45) is 14.4. The molecular formula is C19H30N2O. The molecule has 4 aliphatic rings. The van der Waals surface area contributed by atoms with Crippen molar-refractivity contribution in [1.29, 1.82) is 0 Å². The number of hydrogen-bond donors (Lipinski definition) is 2. The Hall–Kier alpha value is -0.800. The van der Waals surface area contributed by atoms with E-state index in [1.54, 1.807) is 5.57 Å². The van der Waals surface area contributed by atoms with E-state index in [2.05, 4.69) is 23.3 Å². The molecule has 0 radical (unpaired) electrons. The average Bonchev–Trinajstić information content (AvgIpc) is 2.54. The summed E-state index contributed by atoms with van der Waals surface area (Å²) in [6.45, 7) is 1.28. The third-order valence-corrected chi connectivity index (χ3v) is 6.65. The quantitative estimate of drug-likeness (QED) is 0.729. The molecule has 2 fully saturated rings. The van der Waals surface area contributed by atoms with Gasteiger partial charge in [0.15, 0.2) is 0 Å².